The summed E-state index contributed by atoms with van der Waals surface area (Å²) in [6.45, 7) is 0.680. The predicted molar refractivity (Wildman–Crippen MR) is 93.5 cm³/mol. The molecule has 2 aromatic carbocycles. The predicted octanol–water partition coefficient (Wildman–Crippen LogP) is 2.36. The molecule has 6 nitrogen and oxygen atoms in total. The molecule has 1 aliphatic rings. The summed E-state index contributed by atoms with van der Waals surface area (Å²) in [7, 11) is 0. The Labute approximate surface area is 149 Å². The maximum absolute atomic E-state index is 12.9. The van der Waals surface area contributed by atoms with E-state index in [2.05, 4.69) is 9.97 Å². The van der Waals surface area contributed by atoms with Gasteiger partial charge in [0.2, 0.25) is 0 Å². The first-order chi connectivity index (χ1) is 12.5. The van der Waals surface area contributed by atoms with Gasteiger partial charge >= 0.3 is 0 Å². The molecule has 2 heterocycles. The highest BCUT2D eigenvalue weighted by Crippen LogP contribution is 2.25. The number of H-pyrrole nitrogens is 1. The molecule has 0 radical (unpaired) electrons. The lowest BCUT2D eigenvalue weighted by Crippen LogP contribution is -2.40. The average Bonchev–Trinajstić information content (AvgIpc) is 3.27. The van der Waals surface area contributed by atoms with Crippen LogP contribution in [0, 0.1) is 5.82 Å². The maximum Gasteiger partial charge on any atom is 0.254 e. The molecule has 1 amide bonds. The molecule has 26 heavy (non-hydrogen) atoms. The molecule has 1 fully saturated rings. The third-order valence-electron chi connectivity index (χ3n) is 4.61. The topological polar surface area (TPSA) is 78.5 Å². The summed E-state index contributed by atoms with van der Waals surface area (Å²) >= 11 is 0. The van der Waals surface area contributed by atoms with Crippen molar-refractivity contribution in [3.05, 3.63) is 60.2 Å². The highest BCUT2D eigenvalue weighted by molar-refractivity contribution is 5.97. The van der Waals surface area contributed by atoms with Crippen LogP contribution in [-0.4, -0.2) is 51.2 Å². The Balaban J connectivity index is 1.41. The van der Waals surface area contributed by atoms with Crippen LogP contribution in [0.1, 0.15) is 16.8 Å². The van der Waals surface area contributed by atoms with Gasteiger partial charge in [-0.05, 0) is 48.9 Å². The number of aromatic nitrogens is 2. The van der Waals surface area contributed by atoms with E-state index in [1.54, 1.807) is 29.4 Å². The third kappa shape index (κ3) is 3.25. The summed E-state index contributed by atoms with van der Waals surface area (Å²) in [6.07, 6.45) is 2.01. The van der Waals surface area contributed by atoms with E-state index in [4.69, 9.17) is 4.74 Å². The summed E-state index contributed by atoms with van der Waals surface area (Å²) in [5.41, 5.74) is 1.02. The van der Waals surface area contributed by atoms with E-state index in [0.717, 1.165) is 11.0 Å². The molecule has 1 saturated heterocycles. The fraction of sp³-hybridized carbons (Fsp3) is 0.263. The number of hydrogen-bond donors (Lipinski definition) is 2. The molecule has 0 bridgehead atoms. The third-order valence-corrected chi connectivity index (χ3v) is 4.61. The number of hydrogen-bond acceptors (Lipinski definition) is 4. The van der Waals surface area contributed by atoms with Crippen molar-refractivity contribution in [2.24, 2.45) is 0 Å². The van der Waals surface area contributed by atoms with Gasteiger partial charge in [-0.1, -0.05) is 0 Å². The number of ether oxygens (including phenoxy) is 1. The van der Waals surface area contributed by atoms with Crippen molar-refractivity contribution < 1.29 is 19.0 Å². The van der Waals surface area contributed by atoms with Gasteiger partial charge in [-0.25, -0.2) is 9.37 Å². The Morgan fingerprint density at radius 2 is 2.12 bits per heavy atom. The standard InChI is InChI=1S/C19H18FN3O3/c20-14-2-4-15(5-3-14)26-11-19(25)7-8-23(10-19)18(24)13-1-6-16-17(9-13)22-12-21-16/h1-6,9,12,25H,7-8,10-11H2,(H,21,22)/t19-/m0/s1. The SMILES string of the molecule is O=C(c1ccc2nc[nH]c2c1)N1CC[C@@](O)(COc2ccc(F)cc2)C1. The van der Waals surface area contributed by atoms with Crippen LogP contribution in [-0.2, 0) is 0 Å². The minimum Gasteiger partial charge on any atom is -0.491 e. The Bertz CT molecular complexity index is 941. The molecule has 2 N–H and O–H groups in total. The minimum absolute atomic E-state index is 0.0436. The lowest BCUT2D eigenvalue weighted by atomic mass is 10.1. The van der Waals surface area contributed by atoms with E-state index in [0.29, 0.717) is 24.3 Å². The van der Waals surface area contributed by atoms with Crippen LogP contribution >= 0.6 is 0 Å². The average molecular weight is 355 g/mol. The van der Waals surface area contributed by atoms with Gasteiger partial charge in [0.05, 0.1) is 23.9 Å². The molecule has 1 aromatic heterocycles. The molecule has 1 aliphatic heterocycles. The first-order valence-corrected chi connectivity index (χ1v) is 8.36. The van der Waals surface area contributed by atoms with Crippen molar-refractivity contribution in [2.45, 2.75) is 12.0 Å². The number of aromatic amines is 1. The highest BCUT2D eigenvalue weighted by atomic mass is 19.1. The largest absolute Gasteiger partial charge is 0.491 e. The summed E-state index contributed by atoms with van der Waals surface area (Å²) in [5.74, 6) is -0.00329. The molecule has 0 spiro atoms. The van der Waals surface area contributed by atoms with Crippen LogP contribution in [0.25, 0.3) is 11.0 Å². The van der Waals surface area contributed by atoms with E-state index >= 15 is 0 Å². The van der Waals surface area contributed by atoms with Gasteiger partial charge < -0.3 is 19.7 Å². The van der Waals surface area contributed by atoms with Gasteiger partial charge in [-0.3, -0.25) is 4.79 Å². The number of fused-ring (bicyclic) bond motifs is 1. The summed E-state index contributed by atoms with van der Waals surface area (Å²) < 4.78 is 18.5. The number of carbonyl (C=O) groups excluding carboxylic acids is 1. The number of β-amino-alcohol motifs (C(OH)–C–C–N with tert-alkyl or cyclic N) is 1. The van der Waals surface area contributed by atoms with Crippen LogP contribution in [0.3, 0.4) is 0 Å². The van der Waals surface area contributed by atoms with Crippen molar-refractivity contribution in [3.8, 4) is 5.75 Å². The molecule has 0 aliphatic carbocycles. The molecule has 0 saturated carbocycles. The zero-order valence-corrected chi connectivity index (χ0v) is 14.0. The Morgan fingerprint density at radius 3 is 2.92 bits per heavy atom. The second kappa shape index (κ2) is 6.42. The Kier molecular flexibility index (Phi) is 4.08. The fourth-order valence-corrected chi connectivity index (χ4v) is 3.15. The molecule has 7 heteroatoms. The first-order valence-electron chi connectivity index (χ1n) is 8.36. The zero-order valence-electron chi connectivity index (χ0n) is 14.0. The molecule has 0 unspecified atom stereocenters. The van der Waals surface area contributed by atoms with E-state index < -0.39 is 5.60 Å². The molecule has 4 rings (SSSR count). The highest BCUT2D eigenvalue weighted by Gasteiger charge is 2.39. The normalized spacial score (nSPS) is 19.8. The number of aliphatic hydroxyl groups is 1. The molecule has 134 valence electrons. The van der Waals surface area contributed by atoms with Crippen molar-refractivity contribution in [1.82, 2.24) is 14.9 Å². The quantitative estimate of drug-likeness (QED) is 0.753. The summed E-state index contributed by atoms with van der Waals surface area (Å²) in [4.78, 5) is 21.5. The Morgan fingerprint density at radius 1 is 1.31 bits per heavy atom. The minimum atomic E-state index is -1.12. The number of nitrogens with one attached hydrogen (secondary N) is 1. The fourth-order valence-electron chi connectivity index (χ4n) is 3.15. The number of amides is 1. The summed E-state index contributed by atoms with van der Waals surface area (Å²) in [5, 5.41) is 10.7. The second-order valence-corrected chi connectivity index (χ2v) is 6.58. The van der Waals surface area contributed by atoms with Gasteiger partial charge in [0.15, 0.2) is 0 Å². The second-order valence-electron chi connectivity index (χ2n) is 6.58. The monoisotopic (exact) mass is 355 g/mol. The van der Waals surface area contributed by atoms with Crippen LogP contribution < -0.4 is 4.74 Å². The van der Waals surface area contributed by atoms with Crippen LogP contribution in [0.2, 0.25) is 0 Å². The lowest BCUT2D eigenvalue weighted by molar-refractivity contribution is 0.00429. The lowest BCUT2D eigenvalue weighted by Gasteiger charge is -2.23. The number of rotatable bonds is 4. The van der Waals surface area contributed by atoms with Gasteiger partial charge in [-0.2, -0.15) is 0 Å². The van der Waals surface area contributed by atoms with Crippen LogP contribution in [0.4, 0.5) is 4.39 Å². The zero-order chi connectivity index (χ0) is 18.1. The van der Waals surface area contributed by atoms with Crippen molar-refractivity contribution in [1.29, 1.82) is 0 Å². The number of imidazole rings is 1. The molecule has 3 aromatic rings. The molecular weight excluding hydrogens is 337 g/mol. The Hall–Kier alpha value is -2.93. The van der Waals surface area contributed by atoms with Crippen LogP contribution in [0.15, 0.2) is 48.8 Å². The van der Waals surface area contributed by atoms with E-state index in [-0.39, 0.29) is 24.9 Å². The van der Waals surface area contributed by atoms with Crippen molar-refractivity contribution in [2.75, 3.05) is 19.7 Å². The van der Waals surface area contributed by atoms with Crippen LogP contribution in [0.5, 0.6) is 5.75 Å². The maximum atomic E-state index is 12.9. The number of benzene rings is 2. The smallest absolute Gasteiger partial charge is 0.254 e. The first kappa shape index (κ1) is 16.5. The van der Waals surface area contributed by atoms with E-state index in [9.17, 15) is 14.3 Å². The summed E-state index contributed by atoms with van der Waals surface area (Å²) in [6, 6.07) is 10.9. The number of halogens is 1. The number of likely N-dealkylation sites (tertiary alicyclic amines) is 1. The van der Waals surface area contributed by atoms with Gasteiger partial charge in [-0.15, -0.1) is 0 Å². The van der Waals surface area contributed by atoms with Crippen molar-refractivity contribution >= 4 is 16.9 Å². The van der Waals surface area contributed by atoms with Crippen molar-refractivity contribution in [3.63, 3.8) is 0 Å². The van der Waals surface area contributed by atoms with Gasteiger partial charge in [0, 0.05) is 12.1 Å². The number of carbonyl (C=O) groups is 1. The van der Waals surface area contributed by atoms with Gasteiger partial charge in [0.1, 0.15) is 23.8 Å². The molecule has 1 atom stereocenters. The van der Waals surface area contributed by atoms with Gasteiger partial charge in [0.25, 0.3) is 5.91 Å². The van der Waals surface area contributed by atoms with E-state index in [1.807, 2.05) is 0 Å². The van der Waals surface area contributed by atoms with E-state index in [1.165, 1.54) is 24.3 Å². The molecular formula is C19H18FN3O3. The number of nitrogens with zero attached hydrogens (tertiary/aromatic N) is 2.